The first-order chi connectivity index (χ1) is 13.5. The van der Waals surface area contributed by atoms with Crippen LogP contribution in [0.1, 0.15) is 0 Å². The number of anilines is 3. The number of benzene rings is 2. The molecule has 3 N–H and O–H groups in total. The zero-order valence-electron chi connectivity index (χ0n) is 15.0. The molecule has 0 aliphatic carbocycles. The van der Waals surface area contributed by atoms with E-state index in [1.807, 2.05) is 30.5 Å². The van der Waals surface area contributed by atoms with Gasteiger partial charge in [-0.05, 0) is 18.2 Å². The van der Waals surface area contributed by atoms with Crippen molar-refractivity contribution >= 4 is 46.2 Å². The van der Waals surface area contributed by atoms with E-state index in [1.165, 1.54) is 29.5 Å². The van der Waals surface area contributed by atoms with Gasteiger partial charge in [0, 0.05) is 42.9 Å². The lowest BCUT2D eigenvalue weighted by atomic mass is 10.3. The van der Waals surface area contributed by atoms with Crippen molar-refractivity contribution in [2.24, 2.45) is 0 Å². The van der Waals surface area contributed by atoms with Crippen molar-refractivity contribution in [1.82, 2.24) is 10.3 Å². The highest BCUT2D eigenvalue weighted by molar-refractivity contribution is 7.99. The van der Waals surface area contributed by atoms with Crippen LogP contribution >= 0.6 is 23.3 Å². The number of rotatable bonds is 7. The first kappa shape index (κ1) is 21.5. The van der Waals surface area contributed by atoms with Crippen LogP contribution in [-0.2, 0) is 4.79 Å². The molecule has 0 spiro atoms. The molecule has 1 amide bonds. The molecule has 0 fully saturated rings. The quantitative estimate of drug-likeness (QED) is 0.366. The van der Waals surface area contributed by atoms with Gasteiger partial charge in [-0.1, -0.05) is 29.4 Å². The highest BCUT2D eigenvalue weighted by Gasteiger charge is 2.07. The summed E-state index contributed by atoms with van der Waals surface area (Å²) in [4.78, 5) is 13.3. The van der Waals surface area contributed by atoms with Gasteiger partial charge in [-0.2, -0.15) is 0 Å². The smallest absolute Gasteiger partial charge is 0.206 e. The van der Waals surface area contributed by atoms with Gasteiger partial charge in [-0.25, -0.2) is 13.8 Å². The number of halogens is 2. The summed E-state index contributed by atoms with van der Waals surface area (Å²) in [5.41, 5.74) is 1.84. The fraction of sp³-hybridized carbons (Fsp3) is 0.111. The highest BCUT2D eigenvalue weighted by atomic mass is 32.2. The lowest BCUT2D eigenvalue weighted by molar-refractivity contribution is -0.109. The first-order valence-corrected chi connectivity index (χ1v) is 9.95. The summed E-state index contributed by atoms with van der Waals surface area (Å²) in [5.74, 6) is -1.29. The van der Waals surface area contributed by atoms with Crippen molar-refractivity contribution in [2.75, 3.05) is 23.3 Å². The van der Waals surface area contributed by atoms with Crippen LogP contribution in [0.5, 0.6) is 10.8 Å². The van der Waals surface area contributed by atoms with Crippen LogP contribution in [0.15, 0.2) is 48.7 Å². The fourth-order valence-corrected chi connectivity index (χ4v) is 3.04. The minimum atomic E-state index is -0.689. The average molecular weight is 424 g/mol. The maximum absolute atomic E-state index is 13.2. The maximum atomic E-state index is 13.2. The normalized spacial score (nSPS) is 9.71. The molecule has 10 heteroatoms. The second kappa shape index (κ2) is 11.1. The lowest BCUT2D eigenvalue weighted by Gasteiger charge is -2.06. The molecule has 0 unspecified atom stereocenters. The first-order valence-electron chi connectivity index (χ1n) is 7.91. The topological polar surface area (TPSA) is 75.3 Å². The van der Waals surface area contributed by atoms with Crippen molar-refractivity contribution in [3.8, 4) is 10.8 Å². The molecule has 6 nitrogen and oxygen atoms in total. The predicted molar refractivity (Wildman–Crippen MR) is 111 cm³/mol. The van der Waals surface area contributed by atoms with Crippen molar-refractivity contribution in [2.45, 2.75) is 0 Å². The molecule has 0 bridgehead atoms. The fourth-order valence-electron chi connectivity index (χ4n) is 1.97. The van der Waals surface area contributed by atoms with Crippen LogP contribution in [0.4, 0.5) is 25.3 Å². The minimum absolute atomic E-state index is 0.0915. The van der Waals surface area contributed by atoms with Crippen LogP contribution in [-0.4, -0.2) is 24.7 Å². The molecule has 0 atom stereocenters. The number of nitrogens with zero attached hydrogens (tertiary/aromatic N) is 1. The summed E-state index contributed by atoms with van der Waals surface area (Å²) in [7, 11) is 1.56. The monoisotopic (exact) mass is 424 g/mol. The lowest BCUT2D eigenvalue weighted by Crippen LogP contribution is -1.98. The van der Waals surface area contributed by atoms with Crippen LogP contribution in [0.2, 0.25) is 0 Å². The van der Waals surface area contributed by atoms with E-state index in [-0.39, 0.29) is 5.75 Å². The van der Waals surface area contributed by atoms with Gasteiger partial charge in [-0.15, -0.1) is 0 Å². The van der Waals surface area contributed by atoms with Crippen LogP contribution < -0.4 is 20.1 Å². The molecule has 0 aliphatic rings. The van der Waals surface area contributed by atoms with Gasteiger partial charge in [0.1, 0.15) is 17.4 Å². The third-order valence-corrected chi connectivity index (χ3v) is 4.22. The molecule has 148 valence electrons. The van der Waals surface area contributed by atoms with E-state index in [2.05, 4.69) is 20.3 Å². The molecule has 0 saturated carbocycles. The summed E-state index contributed by atoms with van der Waals surface area (Å²) in [6.07, 6.45) is 4.07. The second-order valence-corrected chi connectivity index (χ2v) is 6.72. The van der Waals surface area contributed by atoms with Gasteiger partial charge in [0.25, 0.3) is 0 Å². The van der Waals surface area contributed by atoms with E-state index >= 15 is 0 Å². The van der Waals surface area contributed by atoms with Crippen LogP contribution in [0.3, 0.4) is 0 Å². The number of carbonyl (C=O) groups excluding carboxylic acids is 1. The Balaban J connectivity index is 0.000000640. The number of ether oxygens (including phenoxy) is 1. The Kier molecular flexibility index (Phi) is 8.50. The van der Waals surface area contributed by atoms with E-state index in [0.717, 1.165) is 29.6 Å². The Morgan fingerprint density at radius 3 is 2.46 bits per heavy atom. The Labute approximate surface area is 169 Å². The molecule has 2 aromatic carbocycles. The van der Waals surface area contributed by atoms with Gasteiger partial charge < -0.3 is 20.1 Å². The largest absolute Gasteiger partial charge is 0.445 e. The molecule has 3 rings (SSSR count). The number of amides is 1. The number of hydrogen-bond acceptors (Lipinski definition) is 7. The summed E-state index contributed by atoms with van der Waals surface area (Å²) >= 11 is 2.74. The van der Waals surface area contributed by atoms with Crippen LogP contribution in [0.25, 0.3) is 0 Å². The average Bonchev–Trinajstić information content (AvgIpc) is 3.08. The van der Waals surface area contributed by atoms with Gasteiger partial charge in [0.2, 0.25) is 11.5 Å². The highest BCUT2D eigenvalue weighted by Crippen LogP contribution is 2.32. The van der Waals surface area contributed by atoms with E-state index in [9.17, 15) is 8.78 Å². The molecule has 1 heterocycles. The van der Waals surface area contributed by atoms with E-state index in [4.69, 9.17) is 9.53 Å². The number of aromatic nitrogens is 1. The molecule has 3 aromatic rings. The molecule has 1 aromatic heterocycles. The molecular weight excluding hydrogens is 406 g/mol. The summed E-state index contributed by atoms with van der Waals surface area (Å²) in [6.45, 7) is 0. The Bertz CT molecular complexity index is 889. The van der Waals surface area contributed by atoms with Crippen molar-refractivity contribution in [3.63, 3.8) is 0 Å². The molecule has 0 radical (unpaired) electrons. The van der Waals surface area contributed by atoms with Crippen LogP contribution in [0, 0.1) is 11.6 Å². The minimum Gasteiger partial charge on any atom is -0.445 e. The number of thiazole rings is 1. The van der Waals surface area contributed by atoms with Crippen molar-refractivity contribution < 1.29 is 18.3 Å². The number of nitrogens with one attached hydrogen (secondary N) is 3. The van der Waals surface area contributed by atoms with Gasteiger partial charge in [-0.3, -0.25) is 4.79 Å². The standard InChI is InChI=1S/C16H13F2N3OS2.C2H5NO/c1-23-21-13-4-2-3-12(8-13)20-16-19-9-15(24-16)22-14-6-10(17)5-11(18)7-14;1-3-2-4/h2-9,21H,1H3,(H,19,20);2H,1H3,(H,3,4). The van der Waals surface area contributed by atoms with Crippen molar-refractivity contribution in [1.29, 1.82) is 0 Å². The van der Waals surface area contributed by atoms with Gasteiger partial charge in [0.05, 0.1) is 6.20 Å². The molecular formula is C18H18F2N4O2S2. The number of hydrogen-bond donors (Lipinski definition) is 3. The van der Waals surface area contributed by atoms with Gasteiger partial charge >= 0.3 is 0 Å². The predicted octanol–water partition coefficient (Wildman–Crippen LogP) is 5.01. The third-order valence-electron chi connectivity index (χ3n) is 2.99. The summed E-state index contributed by atoms with van der Waals surface area (Å²) in [6, 6.07) is 10.8. The Morgan fingerprint density at radius 2 is 1.82 bits per heavy atom. The maximum Gasteiger partial charge on any atom is 0.206 e. The zero-order chi connectivity index (χ0) is 20.4. The van der Waals surface area contributed by atoms with E-state index < -0.39 is 11.6 Å². The number of carbonyl (C=O) groups is 1. The Hall–Kier alpha value is -2.85. The Morgan fingerprint density at radius 1 is 1.14 bits per heavy atom. The summed E-state index contributed by atoms with van der Waals surface area (Å²) < 4.78 is 34.9. The zero-order valence-corrected chi connectivity index (χ0v) is 16.7. The van der Waals surface area contributed by atoms with E-state index in [1.54, 1.807) is 7.05 Å². The van der Waals surface area contributed by atoms with E-state index in [0.29, 0.717) is 16.6 Å². The molecule has 0 saturated heterocycles. The second-order valence-electron chi connectivity index (χ2n) is 5.11. The third kappa shape index (κ3) is 7.05. The SMILES string of the molecule is CNC=O.CSNc1cccc(Nc2ncc(Oc3cc(F)cc(F)c3)s2)c1. The van der Waals surface area contributed by atoms with Gasteiger partial charge in [0.15, 0.2) is 5.13 Å². The molecule has 28 heavy (non-hydrogen) atoms. The summed E-state index contributed by atoms with van der Waals surface area (Å²) in [5, 5.41) is 6.46. The molecule has 0 aliphatic heterocycles. The van der Waals surface area contributed by atoms with Crippen molar-refractivity contribution in [3.05, 3.63) is 60.3 Å².